The zero-order valence-electron chi connectivity index (χ0n) is 9.18. The molecule has 0 saturated carbocycles. The number of nitrogens with zero attached hydrogens (tertiary/aromatic N) is 3. The number of rotatable bonds is 2. The van der Waals surface area contributed by atoms with Gasteiger partial charge in [-0.2, -0.15) is 10.1 Å². The topological polar surface area (TPSA) is 92.5 Å². The molecule has 4 N–H and O–H groups in total. The Morgan fingerprint density at radius 2 is 2.17 bits per heavy atom. The highest BCUT2D eigenvalue weighted by molar-refractivity contribution is 6.28. The Morgan fingerprint density at radius 1 is 1.28 bits per heavy atom. The minimum atomic E-state index is 0.149. The van der Waals surface area contributed by atoms with E-state index in [1.807, 2.05) is 18.2 Å². The SMILES string of the molecule is Nc1cnc(Cl)nc1Nc1ccc2[nH]ncc2c1. The molecule has 0 aliphatic rings. The van der Waals surface area contributed by atoms with Crippen LogP contribution in [0.2, 0.25) is 5.28 Å². The van der Waals surface area contributed by atoms with Crippen LogP contribution in [-0.4, -0.2) is 20.2 Å². The minimum Gasteiger partial charge on any atom is -0.394 e. The van der Waals surface area contributed by atoms with Crippen molar-refractivity contribution >= 4 is 39.7 Å². The van der Waals surface area contributed by atoms with E-state index in [0.29, 0.717) is 11.5 Å². The molecule has 0 saturated heterocycles. The zero-order chi connectivity index (χ0) is 12.5. The fourth-order valence-electron chi connectivity index (χ4n) is 1.63. The molecule has 18 heavy (non-hydrogen) atoms. The van der Waals surface area contributed by atoms with E-state index in [9.17, 15) is 0 Å². The van der Waals surface area contributed by atoms with Crippen LogP contribution in [0.25, 0.3) is 10.9 Å². The van der Waals surface area contributed by atoms with E-state index < -0.39 is 0 Å². The van der Waals surface area contributed by atoms with Gasteiger partial charge >= 0.3 is 0 Å². The molecule has 0 bridgehead atoms. The third-order valence-corrected chi connectivity index (χ3v) is 2.67. The second-order valence-corrected chi connectivity index (χ2v) is 4.08. The number of nitrogens with two attached hydrogens (primary N) is 1. The number of aromatic nitrogens is 4. The molecule has 0 radical (unpaired) electrons. The Balaban J connectivity index is 1.97. The monoisotopic (exact) mass is 260 g/mol. The van der Waals surface area contributed by atoms with Gasteiger partial charge in [-0.3, -0.25) is 5.10 Å². The standard InChI is InChI=1S/C11H9ClN6/c12-11-14-5-8(13)10(17-11)16-7-1-2-9-6(3-7)4-15-18-9/h1-5H,13H2,(H,15,18)(H,14,16,17). The maximum atomic E-state index is 5.77. The number of H-pyrrole nitrogens is 1. The van der Waals surface area contributed by atoms with Crippen LogP contribution in [0.5, 0.6) is 0 Å². The quantitative estimate of drug-likeness (QED) is 0.615. The van der Waals surface area contributed by atoms with Gasteiger partial charge in [0.1, 0.15) is 0 Å². The Bertz CT molecular complexity index is 708. The molecule has 3 rings (SSSR count). The van der Waals surface area contributed by atoms with Crippen molar-refractivity contribution in [2.24, 2.45) is 0 Å². The molecule has 0 aliphatic heterocycles. The van der Waals surface area contributed by atoms with E-state index in [2.05, 4.69) is 25.5 Å². The summed E-state index contributed by atoms with van der Waals surface area (Å²) in [4.78, 5) is 7.83. The number of benzene rings is 1. The summed E-state index contributed by atoms with van der Waals surface area (Å²) in [5.41, 5.74) is 8.02. The van der Waals surface area contributed by atoms with E-state index in [0.717, 1.165) is 16.6 Å². The number of aromatic amines is 1. The van der Waals surface area contributed by atoms with Crippen LogP contribution < -0.4 is 11.1 Å². The molecule has 7 heteroatoms. The first-order valence-corrected chi connectivity index (χ1v) is 5.58. The number of nitrogen functional groups attached to an aromatic ring is 1. The summed E-state index contributed by atoms with van der Waals surface area (Å²) >= 11 is 5.73. The largest absolute Gasteiger partial charge is 0.394 e. The van der Waals surface area contributed by atoms with E-state index in [-0.39, 0.29) is 5.28 Å². The molecule has 0 fully saturated rings. The van der Waals surface area contributed by atoms with Crippen LogP contribution in [0, 0.1) is 0 Å². The second kappa shape index (κ2) is 4.15. The third kappa shape index (κ3) is 1.93. The summed E-state index contributed by atoms with van der Waals surface area (Å²) < 4.78 is 0. The van der Waals surface area contributed by atoms with E-state index >= 15 is 0 Å². The summed E-state index contributed by atoms with van der Waals surface area (Å²) in [6.07, 6.45) is 3.21. The van der Waals surface area contributed by atoms with E-state index in [4.69, 9.17) is 17.3 Å². The van der Waals surface area contributed by atoms with E-state index in [1.54, 1.807) is 6.20 Å². The van der Waals surface area contributed by atoms with Gasteiger partial charge in [0.05, 0.1) is 23.6 Å². The van der Waals surface area contributed by atoms with Crippen molar-refractivity contribution in [3.63, 3.8) is 0 Å². The predicted molar refractivity (Wildman–Crippen MR) is 70.8 cm³/mol. The normalized spacial score (nSPS) is 10.7. The van der Waals surface area contributed by atoms with Crippen molar-refractivity contribution in [1.82, 2.24) is 20.2 Å². The summed E-state index contributed by atoms with van der Waals surface area (Å²) in [5.74, 6) is 0.484. The molecule has 0 unspecified atom stereocenters. The Labute approximate surface area is 107 Å². The highest BCUT2D eigenvalue weighted by atomic mass is 35.5. The first-order valence-electron chi connectivity index (χ1n) is 5.20. The molecule has 90 valence electrons. The smallest absolute Gasteiger partial charge is 0.224 e. The van der Waals surface area contributed by atoms with Crippen LogP contribution in [0.15, 0.2) is 30.6 Å². The lowest BCUT2D eigenvalue weighted by Crippen LogP contribution is -2.00. The van der Waals surface area contributed by atoms with Gasteiger partial charge in [0.15, 0.2) is 5.82 Å². The fraction of sp³-hybridized carbons (Fsp3) is 0. The van der Waals surface area contributed by atoms with Crippen LogP contribution in [0.3, 0.4) is 0 Å². The van der Waals surface area contributed by atoms with Gasteiger partial charge in [0, 0.05) is 11.1 Å². The van der Waals surface area contributed by atoms with Gasteiger partial charge in [-0.15, -0.1) is 0 Å². The number of hydrogen-bond acceptors (Lipinski definition) is 5. The molecule has 0 atom stereocenters. The Kier molecular flexibility index (Phi) is 2.49. The lowest BCUT2D eigenvalue weighted by atomic mass is 10.2. The van der Waals surface area contributed by atoms with Gasteiger partial charge in [-0.05, 0) is 29.8 Å². The molecular weight excluding hydrogens is 252 g/mol. The highest BCUT2D eigenvalue weighted by Gasteiger charge is 2.04. The van der Waals surface area contributed by atoms with Crippen molar-refractivity contribution in [2.45, 2.75) is 0 Å². The summed E-state index contributed by atoms with van der Waals surface area (Å²) in [5, 5.41) is 11.1. The van der Waals surface area contributed by atoms with Crippen molar-refractivity contribution in [3.8, 4) is 0 Å². The summed E-state index contributed by atoms with van der Waals surface area (Å²) in [6.45, 7) is 0. The highest BCUT2D eigenvalue weighted by Crippen LogP contribution is 2.23. The van der Waals surface area contributed by atoms with Crippen molar-refractivity contribution in [2.75, 3.05) is 11.1 Å². The van der Waals surface area contributed by atoms with Gasteiger partial charge < -0.3 is 11.1 Å². The van der Waals surface area contributed by atoms with Gasteiger partial charge in [0.25, 0.3) is 0 Å². The molecule has 0 spiro atoms. The number of anilines is 3. The predicted octanol–water partition coefficient (Wildman–Crippen LogP) is 2.33. The van der Waals surface area contributed by atoms with Crippen molar-refractivity contribution in [1.29, 1.82) is 0 Å². The lowest BCUT2D eigenvalue weighted by Gasteiger charge is -2.07. The molecule has 0 amide bonds. The summed E-state index contributed by atoms with van der Waals surface area (Å²) in [7, 11) is 0. The Hall–Kier alpha value is -2.34. The fourth-order valence-corrected chi connectivity index (χ4v) is 1.76. The molecule has 2 aromatic heterocycles. The van der Waals surface area contributed by atoms with Crippen LogP contribution in [0.1, 0.15) is 0 Å². The third-order valence-electron chi connectivity index (χ3n) is 2.49. The van der Waals surface area contributed by atoms with Gasteiger partial charge in [-0.1, -0.05) is 0 Å². The van der Waals surface area contributed by atoms with Crippen LogP contribution >= 0.6 is 11.6 Å². The molecule has 2 heterocycles. The maximum Gasteiger partial charge on any atom is 0.224 e. The molecule has 0 aliphatic carbocycles. The average Bonchev–Trinajstić information content (AvgIpc) is 2.81. The number of hydrogen-bond donors (Lipinski definition) is 3. The van der Waals surface area contributed by atoms with E-state index in [1.165, 1.54) is 6.20 Å². The zero-order valence-corrected chi connectivity index (χ0v) is 9.94. The summed E-state index contributed by atoms with van der Waals surface area (Å²) in [6, 6.07) is 5.76. The second-order valence-electron chi connectivity index (χ2n) is 3.74. The number of halogens is 1. The van der Waals surface area contributed by atoms with Crippen molar-refractivity contribution in [3.05, 3.63) is 35.9 Å². The number of fused-ring (bicyclic) bond motifs is 1. The van der Waals surface area contributed by atoms with Crippen LogP contribution in [0.4, 0.5) is 17.2 Å². The number of nitrogens with one attached hydrogen (secondary N) is 2. The first-order chi connectivity index (χ1) is 8.72. The first kappa shape index (κ1) is 10.8. The van der Waals surface area contributed by atoms with Crippen LogP contribution in [-0.2, 0) is 0 Å². The minimum absolute atomic E-state index is 0.149. The lowest BCUT2D eigenvalue weighted by molar-refractivity contribution is 1.12. The average molecular weight is 261 g/mol. The molecule has 1 aromatic carbocycles. The molecule has 6 nitrogen and oxygen atoms in total. The maximum absolute atomic E-state index is 5.77. The molecular formula is C11H9ClN6. The van der Waals surface area contributed by atoms with Gasteiger partial charge in [-0.25, -0.2) is 4.98 Å². The van der Waals surface area contributed by atoms with Gasteiger partial charge in [0.2, 0.25) is 5.28 Å². The van der Waals surface area contributed by atoms with Crippen molar-refractivity contribution < 1.29 is 0 Å². The molecule has 3 aromatic rings. The Morgan fingerprint density at radius 3 is 3.06 bits per heavy atom.